The molecule has 0 saturated heterocycles. The highest BCUT2D eigenvalue weighted by molar-refractivity contribution is 6.12. The molecule has 0 fully saturated rings. The number of aryl methyl sites for hydroxylation is 2. The topological polar surface area (TPSA) is 35.6 Å². The van der Waals surface area contributed by atoms with Crippen molar-refractivity contribution in [3.05, 3.63) is 230 Å². The van der Waals surface area contributed by atoms with Gasteiger partial charge in [-0.1, -0.05) is 157 Å². The third kappa shape index (κ3) is 6.30. The van der Waals surface area contributed by atoms with Crippen molar-refractivity contribution in [2.75, 3.05) is 0 Å². The molecule has 3 heterocycles. The average Bonchev–Trinajstić information content (AvgIpc) is 3.87. The quantitative estimate of drug-likeness (QED) is 0.161. The molecular weight excluding hydrogens is 777 g/mol. The van der Waals surface area contributed by atoms with Gasteiger partial charge in [-0.15, -0.1) is 0 Å². The Kier molecular flexibility index (Phi) is 8.91. The van der Waals surface area contributed by atoms with E-state index in [0.717, 1.165) is 61.6 Å². The highest BCUT2D eigenvalue weighted by Gasteiger charge is 2.20. The fourth-order valence-electron chi connectivity index (χ4n) is 9.74. The Morgan fingerprint density at radius 3 is 1.50 bits per heavy atom. The minimum atomic E-state index is 0.673. The summed E-state index contributed by atoms with van der Waals surface area (Å²) >= 11 is 0. The molecule has 0 atom stereocenters. The molecule has 12 aromatic rings. The van der Waals surface area contributed by atoms with Crippen molar-refractivity contribution in [1.82, 2.24) is 19.1 Å². The number of benzene rings is 9. The summed E-state index contributed by atoms with van der Waals surface area (Å²) < 4.78 is 4.84. The first-order chi connectivity index (χ1) is 31.6. The zero-order chi connectivity index (χ0) is 42.7. The summed E-state index contributed by atoms with van der Waals surface area (Å²) in [5.41, 5.74) is 18.8. The Balaban J connectivity index is 1.11. The van der Waals surface area contributed by atoms with E-state index in [4.69, 9.17) is 9.97 Å². The first kappa shape index (κ1) is 37.4. The second-order valence-electron chi connectivity index (χ2n) is 16.7. The maximum absolute atomic E-state index is 5.28. The lowest BCUT2D eigenvalue weighted by Gasteiger charge is -2.18. The minimum Gasteiger partial charge on any atom is -0.309 e. The number of hydrogen-bond donors (Lipinski definition) is 0. The fraction of sp³-hybridized carbons (Fsp3) is 0.0333. The molecule has 64 heavy (non-hydrogen) atoms. The summed E-state index contributed by atoms with van der Waals surface area (Å²) in [5.74, 6) is 0.673. The van der Waals surface area contributed by atoms with E-state index in [9.17, 15) is 0 Å². The SMILES string of the molecule is Cc1ccc(-c2ccc3c(c2)c2ccccc2n3-c2ccc(-c3nc(-c4ccccc4)cc(-c4ccccc4)n3)cc2-c2cccc(-n3c4ccccc4c4ccccc43)c2)c(C)c1. The van der Waals surface area contributed by atoms with E-state index in [0.29, 0.717) is 5.82 Å². The van der Waals surface area contributed by atoms with Gasteiger partial charge in [-0.3, -0.25) is 0 Å². The van der Waals surface area contributed by atoms with E-state index in [2.05, 4.69) is 229 Å². The van der Waals surface area contributed by atoms with Gasteiger partial charge < -0.3 is 9.13 Å². The Morgan fingerprint density at radius 2 is 0.859 bits per heavy atom. The van der Waals surface area contributed by atoms with Gasteiger partial charge in [-0.25, -0.2) is 9.97 Å². The van der Waals surface area contributed by atoms with Gasteiger partial charge in [0.1, 0.15) is 0 Å². The van der Waals surface area contributed by atoms with Crippen molar-refractivity contribution >= 4 is 43.6 Å². The summed E-state index contributed by atoms with van der Waals surface area (Å²) in [4.78, 5) is 10.6. The highest BCUT2D eigenvalue weighted by atomic mass is 15.0. The number of fused-ring (bicyclic) bond motifs is 6. The molecule has 4 nitrogen and oxygen atoms in total. The third-order valence-corrected chi connectivity index (χ3v) is 12.7. The number of para-hydroxylation sites is 3. The van der Waals surface area contributed by atoms with Crippen LogP contribution in [-0.4, -0.2) is 19.1 Å². The summed E-state index contributed by atoms with van der Waals surface area (Å²) in [6, 6.07) is 78.5. The molecule has 3 aromatic heterocycles. The van der Waals surface area contributed by atoms with Gasteiger partial charge in [-0.05, 0) is 103 Å². The smallest absolute Gasteiger partial charge is 0.160 e. The van der Waals surface area contributed by atoms with Gasteiger partial charge in [0, 0.05) is 49.5 Å². The number of rotatable bonds is 7. The van der Waals surface area contributed by atoms with E-state index in [1.54, 1.807) is 0 Å². The summed E-state index contributed by atoms with van der Waals surface area (Å²) in [5, 5.41) is 4.90. The molecule has 0 aliphatic carbocycles. The van der Waals surface area contributed by atoms with Gasteiger partial charge in [0.25, 0.3) is 0 Å². The molecule has 0 radical (unpaired) electrons. The van der Waals surface area contributed by atoms with Gasteiger partial charge in [0.15, 0.2) is 5.82 Å². The number of nitrogens with zero attached hydrogens (tertiary/aromatic N) is 4. The van der Waals surface area contributed by atoms with Crippen molar-refractivity contribution in [2.45, 2.75) is 13.8 Å². The lowest BCUT2D eigenvalue weighted by atomic mass is 9.97. The van der Waals surface area contributed by atoms with E-state index in [-0.39, 0.29) is 0 Å². The van der Waals surface area contributed by atoms with Crippen molar-refractivity contribution < 1.29 is 0 Å². The van der Waals surface area contributed by atoms with Crippen LogP contribution in [-0.2, 0) is 0 Å². The zero-order valence-electron chi connectivity index (χ0n) is 35.6. The van der Waals surface area contributed by atoms with Crippen LogP contribution >= 0.6 is 0 Å². The van der Waals surface area contributed by atoms with E-state index >= 15 is 0 Å². The second-order valence-corrected chi connectivity index (χ2v) is 16.7. The Labute approximate surface area is 372 Å². The van der Waals surface area contributed by atoms with E-state index < -0.39 is 0 Å². The maximum Gasteiger partial charge on any atom is 0.160 e. The van der Waals surface area contributed by atoms with E-state index in [1.165, 1.54) is 54.8 Å². The molecule has 0 aliphatic heterocycles. The van der Waals surface area contributed by atoms with Gasteiger partial charge in [-0.2, -0.15) is 0 Å². The molecule has 0 bridgehead atoms. The molecule has 4 heteroatoms. The van der Waals surface area contributed by atoms with Crippen molar-refractivity contribution in [1.29, 1.82) is 0 Å². The Bertz CT molecular complexity index is 3630. The largest absolute Gasteiger partial charge is 0.309 e. The van der Waals surface area contributed by atoms with Crippen LogP contribution in [0.1, 0.15) is 11.1 Å². The normalized spacial score (nSPS) is 11.6. The molecule has 0 saturated carbocycles. The van der Waals surface area contributed by atoms with Crippen LogP contribution in [0.2, 0.25) is 0 Å². The maximum atomic E-state index is 5.28. The number of aromatic nitrogens is 4. The van der Waals surface area contributed by atoms with Crippen LogP contribution in [0.3, 0.4) is 0 Å². The first-order valence-corrected chi connectivity index (χ1v) is 21.9. The van der Waals surface area contributed by atoms with Crippen molar-refractivity contribution in [3.63, 3.8) is 0 Å². The van der Waals surface area contributed by atoms with Crippen LogP contribution in [0.5, 0.6) is 0 Å². The summed E-state index contributed by atoms with van der Waals surface area (Å²) in [6.07, 6.45) is 0. The van der Waals surface area contributed by atoms with E-state index in [1.807, 2.05) is 12.1 Å². The minimum absolute atomic E-state index is 0.673. The molecule has 9 aromatic carbocycles. The first-order valence-electron chi connectivity index (χ1n) is 21.9. The van der Waals surface area contributed by atoms with Crippen LogP contribution in [0.15, 0.2) is 218 Å². The molecule has 302 valence electrons. The zero-order valence-corrected chi connectivity index (χ0v) is 35.6. The number of hydrogen-bond acceptors (Lipinski definition) is 2. The van der Waals surface area contributed by atoms with Gasteiger partial charge in [0.2, 0.25) is 0 Å². The predicted molar refractivity (Wildman–Crippen MR) is 267 cm³/mol. The second kappa shape index (κ2) is 15.2. The highest BCUT2D eigenvalue weighted by Crippen LogP contribution is 2.41. The summed E-state index contributed by atoms with van der Waals surface area (Å²) in [7, 11) is 0. The molecular formula is C60H42N4. The lowest BCUT2D eigenvalue weighted by Crippen LogP contribution is -2.01. The molecule has 0 unspecified atom stereocenters. The average molecular weight is 819 g/mol. The lowest BCUT2D eigenvalue weighted by molar-refractivity contribution is 1.16. The van der Waals surface area contributed by atoms with Crippen LogP contribution < -0.4 is 0 Å². The standard InChI is InChI=1S/C60H42N4/c1-39-28-31-47(40(2)34-39)44-29-32-59-52(36-44)50-24-11-14-27-57(50)64(59)58-33-30-45(60-61-53(41-16-5-3-6-17-41)38-54(62-60)42-18-7-4-8-19-42)37-51(58)43-20-15-21-46(35-43)63-55-25-12-9-22-48(55)49-23-10-13-26-56(49)63/h3-38H,1-2H3. The van der Waals surface area contributed by atoms with Crippen LogP contribution in [0, 0.1) is 13.8 Å². The molecule has 0 N–H and O–H groups in total. The molecule has 0 amide bonds. The molecule has 12 rings (SSSR count). The van der Waals surface area contributed by atoms with Crippen LogP contribution in [0.4, 0.5) is 0 Å². The Hall–Kier alpha value is -8.34. The third-order valence-electron chi connectivity index (χ3n) is 12.7. The predicted octanol–water partition coefficient (Wildman–Crippen LogP) is 15.6. The van der Waals surface area contributed by atoms with Crippen molar-refractivity contribution in [2.24, 2.45) is 0 Å². The monoisotopic (exact) mass is 818 g/mol. The fourth-order valence-corrected chi connectivity index (χ4v) is 9.74. The Morgan fingerprint density at radius 1 is 0.328 bits per heavy atom. The van der Waals surface area contributed by atoms with Crippen molar-refractivity contribution in [3.8, 4) is 67.5 Å². The van der Waals surface area contributed by atoms with Gasteiger partial charge >= 0.3 is 0 Å². The summed E-state index contributed by atoms with van der Waals surface area (Å²) in [6.45, 7) is 4.36. The van der Waals surface area contributed by atoms with Gasteiger partial charge in [0.05, 0.1) is 39.1 Å². The van der Waals surface area contributed by atoms with Crippen LogP contribution in [0.25, 0.3) is 111 Å². The molecule has 0 spiro atoms. The molecule has 0 aliphatic rings.